The summed E-state index contributed by atoms with van der Waals surface area (Å²) in [7, 11) is 1.29. The predicted octanol–water partition coefficient (Wildman–Crippen LogP) is 0.415. The molecule has 0 aliphatic rings. The number of aromatic nitrogens is 2. The lowest BCUT2D eigenvalue weighted by atomic mass is 10.2. The van der Waals surface area contributed by atoms with Gasteiger partial charge in [0.2, 0.25) is 0 Å². The van der Waals surface area contributed by atoms with Gasteiger partial charge >= 0.3 is 5.97 Å². The van der Waals surface area contributed by atoms with E-state index >= 15 is 0 Å². The van der Waals surface area contributed by atoms with E-state index in [0.717, 1.165) is 19.3 Å². The number of anilines is 1. The first kappa shape index (κ1) is 12.5. The van der Waals surface area contributed by atoms with Crippen molar-refractivity contribution in [3.8, 4) is 0 Å². The van der Waals surface area contributed by atoms with Crippen LogP contribution in [0.2, 0.25) is 0 Å². The minimum atomic E-state index is -0.522. The number of hydrogen-bond acceptors (Lipinski definition) is 5. The predicted molar refractivity (Wildman–Crippen MR) is 58.9 cm³/mol. The number of nitrogens with two attached hydrogens (primary N) is 1. The molecule has 0 aliphatic carbocycles. The second-order valence-electron chi connectivity index (χ2n) is 3.47. The lowest BCUT2D eigenvalue weighted by molar-refractivity contribution is 0.0594. The number of unbranched alkanes of at least 4 members (excludes halogenated alkanes) is 2. The summed E-state index contributed by atoms with van der Waals surface area (Å²) in [5.41, 5.74) is 6.11. The number of esters is 1. The van der Waals surface area contributed by atoms with Gasteiger partial charge < -0.3 is 15.6 Å². The maximum absolute atomic E-state index is 11.2. The van der Waals surface area contributed by atoms with Gasteiger partial charge in [0, 0.05) is 19.3 Å². The van der Waals surface area contributed by atoms with Gasteiger partial charge in [-0.3, -0.25) is 4.68 Å². The van der Waals surface area contributed by atoms with E-state index in [9.17, 15) is 4.79 Å². The quantitative estimate of drug-likeness (QED) is 0.542. The molecule has 0 aliphatic heterocycles. The van der Waals surface area contributed by atoms with Gasteiger partial charge in [0.05, 0.1) is 12.8 Å². The van der Waals surface area contributed by atoms with Gasteiger partial charge in [0.15, 0.2) is 5.69 Å². The number of carbonyl (C=O) groups excluding carboxylic acids is 1. The van der Waals surface area contributed by atoms with Crippen molar-refractivity contribution in [2.45, 2.75) is 25.8 Å². The van der Waals surface area contributed by atoms with Crippen LogP contribution in [0.5, 0.6) is 0 Å². The van der Waals surface area contributed by atoms with Crippen LogP contribution in [-0.4, -0.2) is 34.6 Å². The Labute approximate surface area is 94.0 Å². The molecule has 6 nitrogen and oxygen atoms in total. The first-order chi connectivity index (χ1) is 7.69. The van der Waals surface area contributed by atoms with Crippen molar-refractivity contribution in [2.75, 3.05) is 19.5 Å². The van der Waals surface area contributed by atoms with E-state index in [4.69, 9.17) is 10.8 Å². The molecule has 0 amide bonds. The highest BCUT2D eigenvalue weighted by molar-refractivity contribution is 5.92. The fraction of sp³-hybridized carbons (Fsp3) is 0.600. The van der Waals surface area contributed by atoms with Crippen molar-refractivity contribution in [2.24, 2.45) is 0 Å². The average Bonchev–Trinajstić information content (AvgIpc) is 2.65. The number of carbonyl (C=O) groups is 1. The Hall–Kier alpha value is -1.56. The Morgan fingerprint density at radius 3 is 2.94 bits per heavy atom. The van der Waals surface area contributed by atoms with Gasteiger partial charge in [-0.25, -0.2) is 4.79 Å². The molecule has 1 heterocycles. The Morgan fingerprint density at radius 2 is 2.31 bits per heavy atom. The summed E-state index contributed by atoms with van der Waals surface area (Å²) >= 11 is 0. The number of aliphatic hydroxyl groups excluding tert-OH is 1. The van der Waals surface area contributed by atoms with E-state index in [1.54, 1.807) is 10.9 Å². The van der Waals surface area contributed by atoms with E-state index in [-0.39, 0.29) is 12.3 Å². The number of rotatable bonds is 6. The van der Waals surface area contributed by atoms with Crippen LogP contribution in [0.1, 0.15) is 29.8 Å². The van der Waals surface area contributed by atoms with Gasteiger partial charge in [-0.2, -0.15) is 5.10 Å². The van der Waals surface area contributed by atoms with Crippen LogP contribution in [0.25, 0.3) is 0 Å². The molecule has 0 saturated heterocycles. The van der Waals surface area contributed by atoms with Crippen LogP contribution in [0.4, 0.5) is 5.69 Å². The molecule has 0 unspecified atom stereocenters. The number of methoxy groups -OCH3 is 1. The zero-order valence-electron chi connectivity index (χ0n) is 9.35. The molecule has 0 saturated carbocycles. The third-order valence-corrected chi connectivity index (χ3v) is 2.21. The van der Waals surface area contributed by atoms with Crippen molar-refractivity contribution in [3.05, 3.63) is 11.9 Å². The third-order valence-electron chi connectivity index (χ3n) is 2.21. The van der Waals surface area contributed by atoms with Crippen LogP contribution in [-0.2, 0) is 11.3 Å². The molecule has 0 atom stereocenters. The molecule has 1 aromatic heterocycles. The first-order valence-electron chi connectivity index (χ1n) is 5.21. The van der Waals surface area contributed by atoms with Crippen molar-refractivity contribution in [1.29, 1.82) is 0 Å². The normalized spacial score (nSPS) is 10.4. The number of aryl methyl sites for hydroxylation is 1. The molecule has 6 heteroatoms. The molecule has 0 radical (unpaired) electrons. The minimum absolute atomic E-state index is 0.157. The molecule has 3 N–H and O–H groups in total. The lowest BCUT2D eigenvalue weighted by Crippen LogP contribution is -2.06. The smallest absolute Gasteiger partial charge is 0.360 e. The maximum atomic E-state index is 11.2. The molecule has 90 valence electrons. The molecule has 0 spiro atoms. The first-order valence-corrected chi connectivity index (χ1v) is 5.21. The summed E-state index contributed by atoms with van der Waals surface area (Å²) in [5, 5.41) is 12.6. The molecular weight excluding hydrogens is 210 g/mol. The Bertz CT molecular complexity index is 349. The molecule has 0 fully saturated rings. The van der Waals surface area contributed by atoms with Crippen molar-refractivity contribution >= 4 is 11.7 Å². The topological polar surface area (TPSA) is 90.4 Å². The van der Waals surface area contributed by atoms with Crippen molar-refractivity contribution < 1.29 is 14.6 Å². The van der Waals surface area contributed by atoms with Gasteiger partial charge in [0.1, 0.15) is 0 Å². The monoisotopic (exact) mass is 227 g/mol. The molecule has 1 rings (SSSR count). The van der Waals surface area contributed by atoms with E-state index in [0.29, 0.717) is 12.2 Å². The van der Waals surface area contributed by atoms with E-state index in [1.165, 1.54) is 7.11 Å². The minimum Gasteiger partial charge on any atom is -0.464 e. The number of aliphatic hydroxyl groups is 1. The largest absolute Gasteiger partial charge is 0.464 e. The molecule has 0 bridgehead atoms. The van der Waals surface area contributed by atoms with Gasteiger partial charge in [0.25, 0.3) is 0 Å². The number of hydrogen-bond donors (Lipinski definition) is 2. The fourth-order valence-electron chi connectivity index (χ4n) is 1.37. The zero-order valence-corrected chi connectivity index (χ0v) is 9.35. The maximum Gasteiger partial charge on any atom is 0.360 e. The molecule has 16 heavy (non-hydrogen) atoms. The Balaban J connectivity index is 2.52. The van der Waals surface area contributed by atoms with Crippen LogP contribution in [0.3, 0.4) is 0 Å². The third kappa shape index (κ3) is 3.23. The standard InChI is InChI=1S/C10H17N3O3/c1-16-10(15)9-8(11)7-13(12-9)5-3-2-4-6-14/h7,14H,2-6,11H2,1H3. The summed E-state index contributed by atoms with van der Waals surface area (Å²) in [6, 6.07) is 0. The van der Waals surface area contributed by atoms with Gasteiger partial charge in [-0.05, 0) is 19.3 Å². The molecular formula is C10H17N3O3. The summed E-state index contributed by atoms with van der Waals surface area (Å²) in [6.07, 6.45) is 4.21. The van der Waals surface area contributed by atoms with Crippen LogP contribution >= 0.6 is 0 Å². The summed E-state index contributed by atoms with van der Waals surface area (Å²) < 4.78 is 6.17. The molecule has 0 aromatic carbocycles. The van der Waals surface area contributed by atoms with E-state index < -0.39 is 5.97 Å². The summed E-state index contributed by atoms with van der Waals surface area (Å²) in [4.78, 5) is 11.2. The van der Waals surface area contributed by atoms with Crippen molar-refractivity contribution in [3.63, 3.8) is 0 Å². The Kier molecular flexibility index (Phi) is 4.78. The van der Waals surface area contributed by atoms with Gasteiger partial charge in [-0.15, -0.1) is 0 Å². The number of ether oxygens (including phenoxy) is 1. The second-order valence-corrected chi connectivity index (χ2v) is 3.47. The number of nitrogen functional groups attached to an aromatic ring is 1. The summed E-state index contributed by atoms with van der Waals surface area (Å²) in [6.45, 7) is 0.885. The van der Waals surface area contributed by atoms with Crippen LogP contribution in [0, 0.1) is 0 Å². The number of nitrogens with zero attached hydrogens (tertiary/aromatic N) is 2. The van der Waals surface area contributed by atoms with Crippen LogP contribution < -0.4 is 5.73 Å². The Morgan fingerprint density at radius 1 is 1.56 bits per heavy atom. The second kappa shape index (κ2) is 6.12. The lowest BCUT2D eigenvalue weighted by Gasteiger charge is -1.99. The van der Waals surface area contributed by atoms with E-state index in [1.807, 2.05) is 0 Å². The summed E-state index contributed by atoms with van der Waals surface area (Å²) in [5.74, 6) is -0.522. The van der Waals surface area contributed by atoms with Crippen molar-refractivity contribution in [1.82, 2.24) is 9.78 Å². The highest BCUT2D eigenvalue weighted by Gasteiger charge is 2.14. The van der Waals surface area contributed by atoms with Gasteiger partial charge in [-0.1, -0.05) is 0 Å². The molecule has 1 aromatic rings. The zero-order chi connectivity index (χ0) is 12.0. The van der Waals surface area contributed by atoms with Crippen LogP contribution in [0.15, 0.2) is 6.20 Å². The van der Waals surface area contributed by atoms with E-state index in [2.05, 4.69) is 9.84 Å². The average molecular weight is 227 g/mol. The highest BCUT2D eigenvalue weighted by atomic mass is 16.5. The fourth-order valence-corrected chi connectivity index (χ4v) is 1.37. The highest BCUT2D eigenvalue weighted by Crippen LogP contribution is 2.11. The SMILES string of the molecule is COC(=O)c1nn(CCCCCO)cc1N.